The Hall–Kier alpha value is -2.90. The minimum atomic E-state index is -4.32. The summed E-state index contributed by atoms with van der Waals surface area (Å²) in [5, 5.41) is 26.1. The number of hydrogen-bond donors (Lipinski definition) is 4. The molecule has 222 valence electrons. The lowest BCUT2D eigenvalue weighted by atomic mass is 9.96. The molecule has 6 atom stereocenters. The van der Waals surface area contributed by atoms with Crippen LogP contribution < -0.4 is 15.2 Å². The first-order chi connectivity index (χ1) is 19.4. The molecule has 0 bridgehead atoms. The Labute approximate surface area is 241 Å². The predicted molar refractivity (Wildman–Crippen MR) is 153 cm³/mol. The molecule has 14 heteroatoms. The van der Waals surface area contributed by atoms with Crippen LogP contribution in [0.4, 0.5) is 0 Å². The molecule has 3 aromatic rings. The Kier molecular flexibility index (Phi) is 9.81. The molecule has 12 nitrogen and oxygen atoms in total. The third-order valence-electron chi connectivity index (χ3n) is 6.68. The zero-order valence-electron chi connectivity index (χ0n) is 22.9. The molecule has 0 amide bonds. The van der Waals surface area contributed by atoms with E-state index in [1.165, 1.54) is 30.7 Å². The number of aliphatic hydroxyl groups is 2. The quantitative estimate of drug-likeness (QED) is 0.103. The monoisotopic (exact) mass is 607 g/mol. The van der Waals surface area contributed by atoms with Crippen LogP contribution >= 0.6 is 20.0 Å². The zero-order chi connectivity index (χ0) is 29.8. The third kappa shape index (κ3) is 7.12. The molecule has 1 aliphatic rings. The highest BCUT2D eigenvalue weighted by atomic mass is 32.1. The van der Waals surface area contributed by atoms with Gasteiger partial charge in [-0.3, -0.25) is 23.7 Å². The van der Waals surface area contributed by atoms with E-state index in [0.717, 1.165) is 11.8 Å². The van der Waals surface area contributed by atoms with Crippen LogP contribution in [0.1, 0.15) is 39.8 Å². The minimum Gasteiger partial charge on any atom is -0.465 e. The van der Waals surface area contributed by atoms with Crippen molar-refractivity contribution >= 4 is 36.7 Å². The zero-order valence-corrected chi connectivity index (χ0v) is 24.6. The molecule has 2 heterocycles. The van der Waals surface area contributed by atoms with Crippen LogP contribution in [-0.4, -0.2) is 62.8 Å². The van der Waals surface area contributed by atoms with Gasteiger partial charge in [0.15, 0.2) is 11.0 Å². The number of H-pyrrole nitrogens is 1. The van der Waals surface area contributed by atoms with E-state index in [9.17, 15) is 24.4 Å². The fraction of sp³-hybridized carbons (Fsp3) is 0.444. The van der Waals surface area contributed by atoms with Gasteiger partial charge in [0.05, 0.1) is 13.2 Å². The number of esters is 1. The molecule has 1 fully saturated rings. The van der Waals surface area contributed by atoms with Crippen LogP contribution in [0, 0.1) is 4.77 Å². The minimum absolute atomic E-state index is 0.0291. The van der Waals surface area contributed by atoms with Crippen LogP contribution in [0.3, 0.4) is 0 Å². The second-order valence-electron chi connectivity index (χ2n) is 9.95. The number of aromatic nitrogens is 2. The van der Waals surface area contributed by atoms with E-state index in [-0.39, 0.29) is 17.1 Å². The van der Waals surface area contributed by atoms with Crippen LogP contribution in [0.2, 0.25) is 0 Å². The molecule has 1 aliphatic heterocycles. The first kappa shape index (κ1) is 31.0. The van der Waals surface area contributed by atoms with E-state index in [1.807, 2.05) is 25.1 Å². The Morgan fingerprint density at radius 3 is 2.73 bits per heavy atom. The van der Waals surface area contributed by atoms with Gasteiger partial charge >= 0.3 is 13.7 Å². The van der Waals surface area contributed by atoms with E-state index in [4.69, 9.17) is 30.7 Å². The number of aliphatic hydroxyl groups excluding tert-OH is 1. The average Bonchev–Trinajstić information content (AvgIpc) is 3.15. The summed E-state index contributed by atoms with van der Waals surface area (Å²) in [6.45, 7) is 4.48. The fourth-order valence-corrected chi connectivity index (χ4v) is 6.17. The topological polar surface area (TPSA) is 161 Å². The maximum absolute atomic E-state index is 14.1. The van der Waals surface area contributed by atoms with Crippen molar-refractivity contribution in [2.24, 2.45) is 0 Å². The summed E-state index contributed by atoms with van der Waals surface area (Å²) in [7, 11) is -4.32. The summed E-state index contributed by atoms with van der Waals surface area (Å²) in [5.74, 6) is -0.404. The van der Waals surface area contributed by atoms with Gasteiger partial charge in [-0.05, 0) is 43.9 Å². The van der Waals surface area contributed by atoms with Crippen molar-refractivity contribution in [3.63, 3.8) is 0 Å². The lowest BCUT2D eigenvalue weighted by Crippen LogP contribution is -2.45. The molecule has 1 saturated heterocycles. The van der Waals surface area contributed by atoms with Gasteiger partial charge in [0.1, 0.15) is 29.6 Å². The molecular weight excluding hydrogens is 573 g/mol. The summed E-state index contributed by atoms with van der Waals surface area (Å²) >= 11 is 5.19. The maximum Gasteiger partial charge on any atom is 0.459 e. The molecule has 4 rings (SSSR count). The molecular formula is C27H34N3O9PS. The van der Waals surface area contributed by atoms with Gasteiger partial charge in [-0.2, -0.15) is 5.09 Å². The van der Waals surface area contributed by atoms with Gasteiger partial charge in [0, 0.05) is 17.6 Å². The molecule has 0 aliphatic carbocycles. The van der Waals surface area contributed by atoms with Gasteiger partial charge in [-0.25, -0.2) is 4.57 Å². The smallest absolute Gasteiger partial charge is 0.459 e. The largest absolute Gasteiger partial charge is 0.465 e. The van der Waals surface area contributed by atoms with E-state index in [2.05, 4.69) is 10.1 Å². The summed E-state index contributed by atoms with van der Waals surface area (Å²) in [6, 6.07) is 12.6. The summed E-state index contributed by atoms with van der Waals surface area (Å²) in [6.07, 6.45) is -1.06. The van der Waals surface area contributed by atoms with Crippen LogP contribution in [-0.2, 0) is 23.4 Å². The third-order valence-corrected chi connectivity index (χ3v) is 8.63. The fourth-order valence-electron chi connectivity index (χ4n) is 4.39. The SMILES string of the molecule is CCCCOC(=O)[C@H](C)N[P@](=O)(OC[C@H]1O[C@@H](n2ccc(=O)[nH]c2=S)C(C)(O)[C@H]1O)Oc1cccc2ccccc12. The number of aromatic amines is 1. The molecule has 0 saturated carbocycles. The van der Waals surface area contributed by atoms with Crippen LogP contribution in [0.15, 0.2) is 59.5 Å². The van der Waals surface area contributed by atoms with Crippen molar-refractivity contribution in [2.75, 3.05) is 13.2 Å². The molecule has 1 unspecified atom stereocenters. The van der Waals surface area contributed by atoms with Gasteiger partial charge in [0.2, 0.25) is 0 Å². The van der Waals surface area contributed by atoms with Crippen molar-refractivity contribution in [2.45, 2.75) is 63.7 Å². The van der Waals surface area contributed by atoms with Gasteiger partial charge in [-0.1, -0.05) is 49.7 Å². The number of carbonyl (C=O) groups is 1. The number of benzene rings is 2. The molecule has 1 aromatic heterocycles. The second kappa shape index (κ2) is 13.0. The molecule has 41 heavy (non-hydrogen) atoms. The highest BCUT2D eigenvalue weighted by Crippen LogP contribution is 2.48. The van der Waals surface area contributed by atoms with Crippen LogP contribution in [0.25, 0.3) is 10.8 Å². The van der Waals surface area contributed by atoms with E-state index < -0.39 is 56.0 Å². The summed E-state index contributed by atoms with van der Waals surface area (Å²) in [5.41, 5.74) is -2.31. The first-order valence-electron chi connectivity index (χ1n) is 13.2. The number of nitrogens with zero attached hydrogens (tertiary/aromatic N) is 1. The van der Waals surface area contributed by atoms with Crippen molar-refractivity contribution in [3.05, 3.63) is 69.9 Å². The number of fused-ring (bicyclic) bond motifs is 1. The highest BCUT2D eigenvalue weighted by Gasteiger charge is 2.54. The number of rotatable bonds is 12. The number of ether oxygens (including phenoxy) is 2. The Bertz CT molecular complexity index is 1540. The summed E-state index contributed by atoms with van der Waals surface area (Å²) < 4.78 is 38.1. The van der Waals surface area contributed by atoms with Gasteiger partial charge in [-0.15, -0.1) is 0 Å². The van der Waals surface area contributed by atoms with E-state index in [1.54, 1.807) is 24.3 Å². The molecule has 4 N–H and O–H groups in total. The highest BCUT2D eigenvalue weighted by molar-refractivity contribution is 7.71. The van der Waals surface area contributed by atoms with E-state index in [0.29, 0.717) is 11.8 Å². The van der Waals surface area contributed by atoms with Crippen LogP contribution in [0.5, 0.6) is 5.75 Å². The van der Waals surface area contributed by atoms with Crippen molar-refractivity contribution in [1.82, 2.24) is 14.6 Å². The second-order valence-corrected chi connectivity index (χ2v) is 12.0. The van der Waals surface area contributed by atoms with Crippen molar-refractivity contribution in [1.29, 1.82) is 0 Å². The predicted octanol–water partition coefficient (Wildman–Crippen LogP) is 3.59. The summed E-state index contributed by atoms with van der Waals surface area (Å²) in [4.78, 5) is 26.6. The number of unbranched alkanes of at least 4 members (excludes halogenated alkanes) is 1. The van der Waals surface area contributed by atoms with Crippen molar-refractivity contribution in [3.8, 4) is 5.75 Å². The Morgan fingerprint density at radius 2 is 2.00 bits per heavy atom. The average molecular weight is 608 g/mol. The number of nitrogens with one attached hydrogen (secondary N) is 2. The lowest BCUT2D eigenvalue weighted by molar-refractivity contribution is -0.145. The normalized spacial score (nSPS) is 24.6. The Morgan fingerprint density at radius 1 is 1.27 bits per heavy atom. The van der Waals surface area contributed by atoms with E-state index >= 15 is 0 Å². The Balaban J connectivity index is 1.57. The number of carbonyl (C=O) groups excluding carboxylic acids is 1. The molecule has 2 aromatic carbocycles. The molecule has 0 spiro atoms. The number of hydrogen-bond acceptors (Lipinski definition) is 10. The maximum atomic E-state index is 14.1. The molecule has 0 radical (unpaired) electrons. The standard InChI is InChI=1S/C27H34N3O9PS/c1-4-5-15-36-24(33)17(2)29-40(35,39-20-12-8-10-18-9-6-7-11-19(18)20)37-16-21-23(32)27(3,34)25(38-21)30-14-13-22(31)28-26(30)41/h6-14,17,21,23,25,32,34H,4-5,15-16H2,1-3H3,(H,29,35)(H,28,31,41)/t17-,21+,23-,25+,27?,40-/m0/s1. The van der Waals surface area contributed by atoms with Gasteiger partial charge < -0.3 is 24.2 Å². The lowest BCUT2D eigenvalue weighted by Gasteiger charge is -2.28. The first-order valence-corrected chi connectivity index (χ1v) is 15.1. The van der Waals surface area contributed by atoms with Gasteiger partial charge in [0.25, 0.3) is 5.56 Å². The van der Waals surface area contributed by atoms with Crippen molar-refractivity contribution < 1.29 is 38.1 Å².